The molecule has 19 heavy (non-hydrogen) atoms. The Morgan fingerprint density at radius 3 is 2.11 bits per heavy atom. The van der Waals surface area contributed by atoms with Gasteiger partial charge in [-0.2, -0.15) is 0 Å². The van der Waals surface area contributed by atoms with Crippen LogP contribution in [0, 0.1) is 22.2 Å². The highest BCUT2D eigenvalue weighted by Crippen LogP contribution is 2.57. The molecule has 0 aliphatic carbocycles. The highest BCUT2D eigenvalue weighted by atomic mass is 17.5. The molecule has 0 aromatic rings. The van der Waals surface area contributed by atoms with E-state index in [9.17, 15) is 0 Å². The van der Waals surface area contributed by atoms with E-state index in [0.29, 0.717) is 12.5 Å². The quantitative estimate of drug-likeness (QED) is 0.675. The van der Waals surface area contributed by atoms with Crippen LogP contribution in [0.2, 0.25) is 0 Å². The van der Waals surface area contributed by atoms with Crippen molar-refractivity contribution in [2.75, 3.05) is 6.61 Å². The Balaban J connectivity index is 3.01. The average molecular weight is 272 g/mol. The fraction of sp³-hybridized carbons (Fsp3) is 1.00. The Hall–Kier alpha value is -0.120. The van der Waals surface area contributed by atoms with Gasteiger partial charge in [-0.25, -0.2) is 9.78 Å². The first-order valence-electron chi connectivity index (χ1n) is 7.54. The van der Waals surface area contributed by atoms with Gasteiger partial charge in [-0.1, -0.05) is 66.8 Å². The zero-order valence-electron chi connectivity index (χ0n) is 14.0. The topological polar surface area (TPSA) is 27.7 Å². The van der Waals surface area contributed by atoms with E-state index < -0.39 is 0 Å². The van der Waals surface area contributed by atoms with E-state index in [-0.39, 0.29) is 22.3 Å². The van der Waals surface area contributed by atoms with Gasteiger partial charge in [-0.05, 0) is 22.2 Å². The lowest BCUT2D eigenvalue weighted by Crippen LogP contribution is -2.54. The van der Waals surface area contributed by atoms with Crippen molar-refractivity contribution in [3.63, 3.8) is 0 Å². The van der Waals surface area contributed by atoms with Gasteiger partial charge in [0.25, 0.3) is 0 Å². The third kappa shape index (κ3) is 2.84. The van der Waals surface area contributed by atoms with Gasteiger partial charge in [0.05, 0.1) is 6.61 Å². The first-order chi connectivity index (χ1) is 8.59. The van der Waals surface area contributed by atoms with E-state index in [1.807, 2.05) is 0 Å². The molecule has 3 heteroatoms. The van der Waals surface area contributed by atoms with Gasteiger partial charge in [0, 0.05) is 6.42 Å². The van der Waals surface area contributed by atoms with E-state index in [1.54, 1.807) is 0 Å². The molecule has 1 aliphatic heterocycles. The van der Waals surface area contributed by atoms with E-state index in [1.165, 1.54) is 6.42 Å². The van der Waals surface area contributed by atoms with Crippen LogP contribution in [-0.4, -0.2) is 12.7 Å². The second-order valence-corrected chi connectivity index (χ2v) is 7.64. The SMILES string of the molecule is CCC(C)C(C)(C)C(C)(C)C(C)(C)C1CCOOO1. The molecule has 0 amide bonds. The first-order valence-corrected chi connectivity index (χ1v) is 7.54. The lowest BCUT2D eigenvalue weighted by molar-refractivity contribution is -0.559. The predicted octanol–water partition coefficient (Wildman–Crippen LogP) is 4.76. The summed E-state index contributed by atoms with van der Waals surface area (Å²) in [6, 6.07) is 0. The second kappa shape index (κ2) is 5.71. The summed E-state index contributed by atoms with van der Waals surface area (Å²) in [4.78, 5) is 10.3. The highest BCUT2D eigenvalue weighted by Gasteiger charge is 2.54. The minimum absolute atomic E-state index is 0.00368. The molecule has 1 rings (SSSR count). The molecule has 114 valence electrons. The van der Waals surface area contributed by atoms with Crippen LogP contribution in [0.25, 0.3) is 0 Å². The van der Waals surface area contributed by atoms with Crippen molar-refractivity contribution in [2.45, 2.75) is 74.3 Å². The molecule has 1 aliphatic rings. The van der Waals surface area contributed by atoms with Crippen molar-refractivity contribution >= 4 is 0 Å². The largest absolute Gasteiger partial charge is 0.206 e. The number of hydrogen-bond donors (Lipinski definition) is 0. The van der Waals surface area contributed by atoms with Crippen LogP contribution < -0.4 is 0 Å². The summed E-state index contributed by atoms with van der Waals surface area (Å²) >= 11 is 0. The third-order valence-corrected chi connectivity index (χ3v) is 6.54. The molecule has 0 saturated carbocycles. The number of hydrogen-bond acceptors (Lipinski definition) is 3. The van der Waals surface area contributed by atoms with Crippen molar-refractivity contribution in [1.29, 1.82) is 0 Å². The minimum Gasteiger partial charge on any atom is -0.206 e. The number of rotatable bonds is 5. The molecule has 3 nitrogen and oxygen atoms in total. The highest BCUT2D eigenvalue weighted by molar-refractivity contribution is 5.01. The Morgan fingerprint density at radius 2 is 1.68 bits per heavy atom. The molecule has 1 saturated heterocycles. The van der Waals surface area contributed by atoms with Gasteiger partial charge in [0.15, 0.2) is 0 Å². The summed E-state index contributed by atoms with van der Waals surface area (Å²) < 4.78 is 0. The Morgan fingerprint density at radius 1 is 1.11 bits per heavy atom. The molecule has 2 atom stereocenters. The van der Waals surface area contributed by atoms with Crippen molar-refractivity contribution in [2.24, 2.45) is 22.2 Å². The normalized spacial score (nSPS) is 24.3. The maximum Gasteiger partial charge on any atom is 0.104 e. The van der Waals surface area contributed by atoms with Crippen LogP contribution in [-0.2, 0) is 14.8 Å². The molecular weight excluding hydrogens is 240 g/mol. The Labute approximate surface area is 118 Å². The monoisotopic (exact) mass is 272 g/mol. The minimum atomic E-state index is 0.00368. The summed E-state index contributed by atoms with van der Waals surface area (Å²) in [5, 5.41) is 4.76. The van der Waals surface area contributed by atoms with Gasteiger partial charge in [0.2, 0.25) is 0 Å². The lowest BCUT2D eigenvalue weighted by Gasteiger charge is -2.57. The van der Waals surface area contributed by atoms with Crippen LogP contribution in [0.3, 0.4) is 0 Å². The summed E-state index contributed by atoms with van der Waals surface area (Å²) in [5.41, 5.74) is 0.331. The summed E-state index contributed by atoms with van der Waals surface area (Å²) in [6.45, 7) is 19.3. The molecule has 2 unspecified atom stereocenters. The third-order valence-electron chi connectivity index (χ3n) is 6.54. The molecule has 0 N–H and O–H groups in total. The molecule has 1 heterocycles. The van der Waals surface area contributed by atoms with Crippen molar-refractivity contribution in [1.82, 2.24) is 0 Å². The summed E-state index contributed by atoms with van der Waals surface area (Å²) in [7, 11) is 0. The maximum atomic E-state index is 5.42. The lowest BCUT2D eigenvalue weighted by atomic mass is 9.49. The van der Waals surface area contributed by atoms with Crippen molar-refractivity contribution < 1.29 is 14.8 Å². The van der Waals surface area contributed by atoms with E-state index in [2.05, 4.69) is 55.4 Å². The molecule has 0 aromatic heterocycles. The van der Waals surface area contributed by atoms with E-state index >= 15 is 0 Å². The van der Waals surface area contributed by atoms with Gasteiger partial charge < -0.3 is 0 Å². The Kier molecular flexibility index (Phi) is 5.09. The molecule has 0 spiro atoms. The van der Waals surface area contributed by atoms with Crippen molar-refractivity contribution in [3.05, 3.63) is 0 Å². The van der Waals surface area contributed by atoms with Crippen LogP contribution in [0.1, 0.15) is 68.2 Å². The standard InChI is InChI=1S/C16H32O3/c1-9-12(2)14(3,4)16(7,8)15(5,6)13-10-11-17-19-18-13/h12-13H,9-11H2,1-8H3. The predicted molar refractivity (Wildman–Crippen MR) is 77.3 cm³/mol. The van der Waals surface area contributed by atoms with Crippen LogP contribution in [0.4, 0.5) is 0 Å². The molecular formula is C16H32O3. The summed E-state index contributed by atoms with van der Waals surface area (Å²) in [6.07, 6.45) is 2.14. The van der Waals surface area contributed by atoms with Gasteiger partial charge in [0.1, 0.15) is 6.10 Å². The van der Waals surface area contributed by atoms with Crippen LogP contribution >= 0.6 is 0 Å². The second-order valence-electron chi connectivity index (χ2n) is 7.64. The van der Waals surface area contributed by atoms with E-state index in [0.717, 1.165) is 6.42 Å². The van der Waals surface area contributed by atoms with Gasteiger partial charge >= 0.3 is 0 Å². The molecule has 0 radical (unpaired) electrons. The smallest absolute Gasteiger partial charge is 0.104 e. The fourth-order valence-electron chi connectivity index (χ4n) is 3.15. The molecule has 0 bridgehead atoms. The van der Waals surface area contributed by atoms with Crippen LogP contribution in [0.15, 0.2) is 0 Å². The molecule has 0 aromatic carbocycles. The maximum absolute atomic E-state index is 5.42. The zero-order chi connectivity index (χ0) is 14.9. The van der Waals surface area contributed by atoms with E-state index in [4.69, 9.17) is 14.8 Å². The first kappa shape index (κ1) is 16.9. The van der Waals surface area contributed by atoms with Gasteiger partial charge in [-0.15, -0.1) is 0 Å². The average Bonchev–Trinajstić information content (AvgIpc) is 2.38. The molecule has 1 fully saturated rings. The fourth-order valence-corrected chi connectivity index (χ4v) is 3.15. The van der Waals surface area contributed by atoms with Crippen LogP contribution in [0.5, 0.6) is 0 Å². The Bertz CT molecular complexity index is 288. The summed E-state index contributed by atoms with van der Waals surface area (Å²) in [5.74, 6) is 0.655. The zero-order valence-corrected chi connectivity index (χ0v) is 14.0. The van der Waals surface area contributed by atoms with Crippen molar-refractivity contribution in [3.8, 4) is 0 Å². The van der Waals surface area contributed by atoms with Gasteiger partial charge in [-0.3, -0.25) is 0 Å².